The van der Waals surface area contributed by atoms with Crippen molar-refractivity contribution < 1.29 is 23.1 Å². The molecule has 3 aromatic carbocycles. The number of sulfonamides is 1. The van der Waals surface area contributed by atoms with Crippen molar-refractivity contribution in [1.82, 2.24) is 5.43 Å². The van der Waals surface area contributed by atoms with Gasteiger partial charge in [0.15, 0.2) is 11.5 Å². The van der Waals surface area contributed by atoms with Crippen molar-refractivity contribution in [3.05, 3.63) is 82.9 Å². The van der Waals surface area contributed by atoms with Gasteiger partial charge in [0.05, 0.1) is 23.4 Å². The number of aromatic hydroxyl groups is 1. The Kier molecular flexibility index (Phi) is 8.14. The van der Waals surface area contributed by atoms with E-state index in [0.29, 0.717) is 17.2 Å². The predicted molar refractivity (Wildman–Crippen MR) is 132 cm³/mol. The van der Waals surface area contributed by atoms with Gasteiger partial charge in [0.1, 0.15) is 6.54 Å². The van der Waals surface area contributed by atoms with E-state index in [9.17, 15) is 18.3 Å². The summed E-state index contributed by atoms with van der Waals surface area (Å²) in [5.41, 5.74) is 3.93. The molecule has 3 aromatic rings. The molecule has 0 aliphatic heterocycles. The predicted octanol–water partition coefficient (Wildman–Crippen LogP) is 4.10. The third-order valence-electron chi connectivity index (χ3n) is 4.75. The number of anilines is 1. The highest BCUT2D eigenvalue weighted by molar-refractivity contribution is 7.92. The van der Waals surface area contributed by atoms with E-state index in [1.807, 2.05) is 0 Å². The van der Waals surface area contributed by atoms with Crippen LogP contribution in [0.25, 0.3) is 0 Å². The zero-order chi connectivity index (χ0) is 24.7. The Morgan fingerprint density at radius 2 is 1.88 bits per heavy atom. The summed E-state index contributed by atoms with van der Waals surface area (Å²) in [5.74, 6) is -0.382. The summed E-state index contributed by atoms with van der Waals surface area (Å²) >= 11 is 6.21. The summed E-state index contributed by atoms with van der Waals surface area (Å²) in [6, 6.07) is 17.2. The lowest BCUT2D eigenvalue weighted by atomic mass is 10.2. The SMILES string of the molecule is CCOc1cc(/C=N\NC(=O)CN(c2ccc(C)c(Cl)c2)S(=O)(=O)c2ccccc2)ccc1O. The molecule has 0 bridgehead atoms. The van der Waals surface area contributed by atoms with Crippen molar-refractivity contribution in [2.24, 2.45) is 5.10 Å². The zero-order valence-electron chi connectivity index (χ0n) is 18.6. The summed E-state index contributed by atoms with van der Waals surface area (Å²) in [4.78, 5) is 12.7. The number of hydrogen-bond acceptors (Lipinski definition) is 6. The number of nitrogens with zero attached hydrogens (tertiary/aromatic N) is 2. The second-order valence-electron chi connectivity index (χ2n) is 7.21. The maximum Gasteiger partial charge on any atom is 0.264 e. The molecule has 0 saturated heterocycles. The van der Waals surface area contributed by atoms with Gasteiger partial charge in [-0.1, -0.05) is 35.9 Å². The number of ether oxygens (including phenoxy) is 1. The summed E-state index contributed by atoms with van der Waals surface area (Å²) in [6.45, 7) is 3.44. The van der Waals surface area contributed by atoms with Gasteiger partial charge < -0.3 is 9.84 Å². The molecule has 0 aromatic heterocycles. The molecule has 0 heterocycles. The van der Waals surface area contributed by atoms with Crippen molar-refractivity contribution >= 4 is 39.4 Å². The van der Waals surface area contributed by atoms with Crippen LogP contribution in [-0.2, 0) is 14.8 Å². The largest absolute Gasteiger partial charge is 0.504 e. The standard InChI is InChI=1S/C24H24ClN3O5S/c1-3-33-23-13-18(10-12-22(23)29)15-26-27-24(30)16-28(19-11-9-17(2)21(25)14-19)34(31,32)20-7-5-4-6-8-20/h4-15,29H,3,16H2,1-2H3,(H,27,30)/b26-15-. The van der Waals surface area contributed by atoms with Gasteiger partial charge in [0.25, 0.3) is 15.9 Å². The summed E-state index contributed by atoms with van der Waals surface area (Å²) in [7, 11) is -4.06. The molecule has 0 atom stereocenters. The molecule has 2 N–H and O–H groups in total. The van der Waals surface area contributed by atoms with Crippen LogP contribution in [0.4, 0.5) is 5.69 Å². The Labute approximate surface area is 203 Å². The van der Waals surface area contributed by atoms with Crippen LogP contribution in [0, 0.1) is 6.92 Å². The van der Waals surface area contributed by atoms with Crippen molar-refractivity contribution in [2.45, 2.75) is 18.7 Å². The normalized spacial score (nSPS) is 11.4. The highest BCUT2D eigenvalue weighted by Crippen LogP contribution is 2.28. The van der Waals surface area contributed by atoms with Crippen LogP contribution in [-0.4, -0.2) is 38.8 Å². The third-order valence-corrected chi connectivity index (χ3v) is 6.94. The minimum absolute atomic E-state index is 0.0124. The molecule has 0 fully saturated rings. The third kappa shape index (κ3) is 6.06. The van der Waals surface area contributed by atoms with E-state index in [0.717, 1.165) is 9.87 Å². The minimum Gasteiger partial charge on any atom is -0.504 e. The molecule has 1 amide bonds. The lowest BCUT2D eigenvalue weighted by Crippen LogP contribution is -2.39. The maximum absolute atomic E-state index is 13.3. The average molecular weight is 502 g/mol. The Morgan fingerprint density at radius 1 is 1.15 bits per heavy atom. The Morgan fingerprint density at radius 3 is 2.56 bits per heavy atom. The van der Waals surface area contributed by atoms with Gasteiger partial charge in [-0.25, -0.2) is 13.8 Å². The fraction of sp³-hybridized carbons (Fsp3) is 0.167. The molecule has 0 saturated carbocycles. The first-order valence-corrected chi connectivity index (χ1v) is 12.2. The van der Waals surface area contributed by atoms with Gasteiger partial charge in [-0.05, 0) is 67.4 Å². The van der Waals surface area contributed by atoms with Crippen LogP contribution in [0.15, 0.2) is 76.7 Å². The fourth-order valence-corrected chi connectivity index (χ4v) is 4.61. The number of carbonyl (C=O) groups is 1. The first-order valence-electron chi connectivity index (χ1n) is 10.3. The first-order chi connectivity index (χ1) is 16.2. The lowest BCUT2D eigenvalue weighted by Gasteiger charge is -2.24. The van der Waals surface area contributed by atoms with E-state index in [4.69, 9.17) is 16.3 Å². The quantitative estimate of drug-likeness (QED) is 0.339. The molecule has 3 rings (SSSR count). The van der Waals surface area contributed by atoms with Crippen LogP contribution in [0.5, 0.6) is 11.5 Å². The molecule has 0 aliphatic rings. The average Bonchev–Trinajstić information content (AvgIpc) is 2.82. The monoisotopic (exact) mass is 501 g/mol. The number of hydrogen-bond donors (Lipinski definition) is 2. The van der Waals surface area contributed by atoms with Crippen molar-refractivity contribution in [2.75, 3.05) is 17.5 Å². The topological polar surface area (TPSA) is 108 Å². The van der Waals surface area contributed by atoms with E-state index in [1.54, 1.807) is 56.3 Å². The van der Waals surface area contributed by atoms with Gasteiger partial charge in [0, 0.05) is 5.02 Å². The lowest BCUT2D eigenvalue weighted by molar-refractivity contribution is -0.119. The summed E-state index contributed by atoms with van der Waals surface area (Å²) in [6.07, 6.45) is 1.36. The molecule has 0 aliphatic carbocycles. The van der Waals surface area contributed by atoms with Crippen LogP contribution in [0.2, 0.25) is 5.02 Å². The minimum atomic E-state index is -4.06. The zero-order valence-corrected chi connectivity index (χ0v) is 20.2. The van der Waals surface area contributed by atoms with E-state index < -0.39 is 22.5 Å². The van der Waals surface area contributed by atoms with Gasteiger partial charge in [-0.2, -0.15) is 5.10 Å². The smallest absolute Gasteiger partial charge is 0.264 e. The van der Waals surface area contributed by atoms with E-state index in [2.05, 4.69) is 10.5 Å². The van der Waals surface area contributed by atoms with Gasteiger partial charge >= 0.3 is 0 Å². The molecule has 0 radical (unpaired) electrons. The number of carbonyl (C=O) groups excluding carboxylic acids is 1. The number of phenols is 1. The molecule has 10 heteroatoms. The number of aryl methyl sites for hydroxylation is 1. The maximum atomic E-state index is 13.3. The van der Waals surface area contributed by atoms with Crippen LogP contribution in [0.1, 0.15) is 18.1 Å². The Bertz CT molecular complexity index is 1300. The van der Waals surface area contributed by atoms with Gasteiger partial charge in [-0.3, -0.25) is 9.10 Å². The Hall–Kier alpha value is -3.56. The summed E-state index contributed by atoms with van der Waals surface area (Å²) in [5, 5.41) is 14.1. The van der Waals surface area contributed by atoms with Gasteiger partial charge in [-0.15, -0.1) is 0 Å². The van der Waals surface area contributed by atoms with Crippen LogP contribution >= 0.6 is 11.6 Å². The number of phenolic OH excluding ortho intramolecular Hbond substituents is 1. The molecular formula is C24H24ClN3O5S. The highest BCUT2D eigenvalue weighted by atomic mass is 35.5. The van der Waals surface area contributed by atoms with E-state index >= 15 is 0 Å². The Balaban J connectivity index is 1.82. The highest BCUT2D eigenvalue weighted by Gasteiger charge is 2.27. The van der Waals surface area contributed by atoms with Crippen molar-refractivity contribution in [1.29, 1.82) is 0 Å². The second-order valence-corrected chi connectivity index (χ2v) is 9.48. The van der Waals surface area contributed by atoms with E-state index in [1.165, 1.54) is 30.5 Å². The first kappa shape index (κ1) is 25.1. The molecule has 178 valence electrons. The number of hydrazone groups is 1. The number of benzene rings is 3. The number of amides is 1. The second kappa shape index (κ2) is 11.0. The number of nitrogens with one attached hydrogen (secondary N) is 1. The van der Waals surface area contributed by atoms with Crippen LogP contribution < -0.4 is 14.5 Å². The van der Waals surface area contributed by atoms with E-state index in [-0.39, 0.29) is 22.1 Å². The fourth-order valence-electron chi connectivity index (χ4n) is 3.00. The number of rotatable bonds is 9. The van der Waals surface area contributed by atoms with Crippen LogP contribution in [0.3, 0.4) is 0 Å². The van der Waals surface area contributed by atoms with Gasteiger partial charge in [0.2, 0.25) is 0 Å². The molecule has 34 heavy (non-hydrogen) atoms. The molecular weight excluding hydrogens is 478 g/mol. The summed E-state index contributed by atoms with van der Waals surface area (Å²) < 4.78 is 32.9. The van der Waals surface area contributed by atoms with Crippen molar-refractivity contribution in [3.8, 4) is 11.5 Å². The molecule has 0 unspecified atom stereocenters. The molecule has 0 spiro atoms. The number of halogens is 1. The molecule has 8 nitrogen and oxygen atoms in total. The van der Waals surface area contributed by atoms with Crippen molar-refractivity contribution in [3.63, 3.8) is 0 Å².